The summed E-state index contributed by atoms with van der Waals surface area (Å²) in [6.45, 7) is 0. The quantitative estimate of drug-likeness (QED) is 0.161. The molecule has 0 aliphatic carbocycles. The Morgan fingerprint density at radius 3 is 1.50 bits per heavy atom. The highest BCUT2D eigenvalue weighted by Gasteiger charge is 2.20. The number of hydrogen-bond acceptors (Lipinski definition) is 4. The Balaban J connectivity index is 1.04. The zero-order valence-corrected chi connectivity index (χ0v) is 34.3. The molecule has 0 aliphatic heterocycles. The van der Waals surface area contributed by atoms with E-state index in [9.17, 15) is 0 Å². The molecule has 0 N–H and O–H groups in total. The van der Waals surface area contributed by atoms with Gasteiger partial charge in [-0.25, -0.2) is 15.0 Å². The lowest BCUT2D eigenvalue weighted by molar-refractivity contribution is 1.07. The van der Waals surface area contributed by atoms with E-state index in [1.165, 1.54) is 36.5 Å². The topological polar surface area (TPSA) is 43.6 Å². The van der Waals surface area contributed by atoms with Crippen LogP contribution in [-0.2, 0) is 0 Å². The van der Waals surface area contributed by atoms with E-state index in [1.807, 2.05) is 17.4 Å². The van der Waals surface area contributed by atoms with E-state index >= 15 is 0 Å². The lowest BCUT2D eigenvalue weighted by Crippen LogP contribution is -2.03. The van der Waals surface area contributed by atoms with Gasteiger partial charge in [0, 0.05) is 53.2 Å². The Hall–Kier alpha value is -7.99. The monoisotopic (exact) mass is 808 g/mol. The highest BCUT2D eigenvalue weighted by atomic mass is 32.1. The SMILES string of the molecule is c1ccc(-c2ccccc2-c2nc(-c3ccc(-c4ccc5c(c4)sc4ccccc45)cc3)nc(-c3ccc(-c4ccccc4)c(-n4c5ccccc5c5ccccc54)c3)n2)cc1. The van der Waals surface area contributed by atoms with E-state index in [2.05, 4.69) is 217 Å². The second-order valence-electron chi connectivity index (χ2n) is 15.6. The van der Waals surface area contributed by atoms with Crippen LogP contribution in [0, 0.1) is 0 Å². The van der Waals surface area contributed by atoms with E-state index in [0.717, 1.165) is 61.2 Å². The molecule has 4 nitrogen and oxygen atoms in total. The van der Waals surface area contributed by atoms with Crippen LogP contribution in [0.3, 0.4) is 0 Å². The number of fused-ring (bicyclic) bond motifs is 6. The van der Waals surface area contributed by atoms with Crippen LogP contribution in [0.25, 0.3) is 115 Å². The molecule has 0 unspecified atom stereocenters. The van der Waals surface area contributed by atoms with Crippen LogP contribution in [0.2, 0.25) is 0 Å². The molecule has 0 atom stereocenters. The molecule has 0 amide bonds. The fourth-order valence-corrected chi connectivity index (χ4v) is 10.1. The maximum absolute atomic E-state index is 5.32. The van der Waals surface area contributed by atoms with Crippen LogP contribution in [-0.4, -0.2) is 19.5 Å². The number of nitrogens with zero attached hydrogens (tertiary/aromatic N) is 4. The molecule has 0 radical (unpaired) electrons. The highest BCUT2D eigenvalue weighted by Crippen LogP contribution is 2.40. The zero-order chi connectivity index (χ0) is 41.0. The Kier molecular flexibility index (Phi) is 8.65. The van der Waals surface area contributed by atoms with Crippen molar-refractivity contribution >= 4 is 53.3 Å². The molecule has 12 rings (SSSR count). The number of thiophene rings is 1. The first-order chi connectivity index (χ1) is 30.7. The van der Waals surface area contributed by atoms with Crippen LogP contribution in [0.5, 0.6) is 0 Å². The van der Waals surface area contributed by atoms with Crippen molar-refractivity contribution in [2.45, 2.75) is 0 Å². The van der Waals surface area contributed by atoms with E-state index in [-0.39, 0.29) is 0 Å². The van der Waals surface area contributed by atoms with Crippen molar-refractivity contribution in [3.05, 3.63) is 218 Å². The van der Waals surface area contributed by atoms with Crippen molar-refractivity contribution in [1.29, 1.82) is 0 Å². The minimum atomic E-state index is 0.605. The van der Waals surface area contributed by atoms with Gasteiger partial charge in [-0.15, -0.1) is 11.3 Å². The molecule has 290 valence electrons. The summed E-state index contributed by atoms with van der Waals surface area (Å²) in [6, 6.07) is 77.4. The molecule has 0 bridgehead atoms. The van der Waals surface area contributed by atoms with Gasteiger partial charge in [-0.05, 0) is 58.1 Å². The molecule has 3 heterocycles. The van der Waals surface area contributed by atoms with Crippen molar-refractivity contribution in [2.24, 2.45) is 0 Å². The molecule has 0 fully saturated rings. The van der Waals surface area contributed by atoms with E-state index in [4.69, 9.17) is 15.0 Å². The van der Waals surface area contributed by atoms with Crippen LogP contribution >= 0.6 is 11.3 Å². The van der Waals surface area contributed by atoms with Crippen molar-refractivity contribution in [2.75, 3.05) is 0 Å². The number of benzene rings is 9. The average molecular weight is 809 g/mol. The maximum Gasteiger partial charge on any atom is 0.164 e. The van der Waals surface area contributed by atoms with Crippen LogP contribution in [0.15, 0.2) is 218 Å². The van der Waals surface area contributed by atoms with Gasteiger partial charge in [-0.3, -0.25) is 0 Å². The largest absolute Gasteiger partial charge is 0.309 e. The molecule has 0 aliphatic rings. The van der Waals surface area contributed by atoms with Crippen molar-refractivity contribution in [1.82, 2.24) is 19.5 Å². The Labute approximate surface area is 362 Å². The Bertz CT molecular complexity index is 3570. The van der Waals surface area contributed by atoms with Gasteiger partial charge >= 0.3 is 0 Å². The van der Waals surface area contributed by atoms with Gasteiger partial charge < -0.3 is 4.57 Å². The summed E-state index contributed by atoms with van der Waals surface area (Å²) < 4.78 is 4.98. The zero-order valence-electron chi connectivity index (χ0n) is 33.5. The third kappa shape index (κ3) is 6.18. The third-order valence-electron chi connectivity index (χ3n) is 11.9. The van der Waals surface area contributed by atoms with E-state index in [1.54, 1.807) is 0 Å². The predicted molar refractivity (Wildman–Crippen MR) is 260 cm³/mol. The summed E-state index contributed by atoms with van der Waals surface area (Å²) in [7, 11) is 0. The van der Waals surface area contributed by atoms with Gasteiger partial charge in [-0.2, -0.15) is 0 Å². The normalized spacial score (nSPS) is 11.5. The summed E-state index contributed by atoms with van der Waals surface area (Å²) in [6.07, 6.45) is 0. The molecule has 12 aromatic rings. The molecule has 0 saturated carbocycles. The van der Waals surface area contributed by atoms with Gasteiger partial charge in [-0.1, -0.05) is 188 Å². The number of rotatable bonds is 7. The standard InChI is InChI=1S/C57H36N4S/c1-3-15-38(16-4-1)43-19-7-8-23-49(43)57-59-55(40-29-27-37(28-30-40)41-31-34-48-47-22-11-14-26-53(47)62-54(48)36-41)58-56(60-57)42-32-33-44(39-17-5-2-6-18-39)52(35-42)61-50-24-12-9-20-45(50)46-21-10-13-25-51(46)61/h1-36H. The lowest BCUT2D eigenvalue weighted by Gasteiger charge is -2.16. The molecule has 3 aromatic heterocycles. The first-order valence-electron chi connectivity index (χ1n) is 20.8. The minimum absolute atomic E-state index is 0.605. The molecule has 5 heteroatoms. The first kappa shape index (κ1) is 35.9. The van der Waals surface area contributed by atoms with Gasteiger partial charge in [0.25, 0.3) is 0 Å². The van der Waals surface area contributed by atoms with Crippen molar-refractivity contribution < 1.29 is 0 Å². The Morgan fingerprint density at radius 1 is 0.290 bits per heavy atom. The molecule has 0 saturated heterocycles. The maximum atomic E-state index is 5.32. The molecule has 0 spiro atoms. The number of para-hydroxylation sites is 2. The number of hydrogen-bond donors (Lipinski definition) is 0. The Morgan fingerprint density at radius 2 is 0.790 bits per heavy atom. The van der Waals surface area contributed by atoms with E-state index < -0.39 is 0 Å². The van der Waals surface area contributed by atoms with E-state index in [0.29, 0.717) is 17.5 Å². The average Bonchev–Trinajstić information content (AvgIpc) is 3.90. The highest BCUT2D eigenvalue weighted by molar-refractivity contribution is 7.25. The van der Waals surface area contributed by atoms with Crippen molar-refractivity contribution in [3.63, 3.8) is 0 Å². The first-order valence-corrected chi connectivity index (χ1v) is 21.7. The van der Waals surface area contributed by atoms with Gasteiger partial charge in [0.05, 0.1) is 16.7 Å². The van der Waals surface area contributed by atoms with Crippen LogP contribution in [0.4, 0.5) is 0 Å². The summed E-state index contributed by atoms with van der Waals surface area (Å²) in [4.78, 5) is 15.9. The summed E-state index contributed by atoms with van der Waals surface area (Å²) in [5.74, 6) is 1.84. The summed E-state index contributed by atoms with van der Waals surface area (Å²) in [5, 5.41) is 5.02. The molecule has 9 aromatic carbocycles. The molecular formula is C57H36N4S. The summed E-state index contributed by atoms with van der Waals surface area (Å²) >= 11 is 1.84. The summed E-state index contributed by atoms with van der Waals surface area (Å²) in [5.41, 5.74) is 12.8. The molecule has 62 heavy (non-hydrogen) atoms. The second kappa shape index (κ2) is 14.9. The fraction of sp³-hybridized carbons (Fsp3) is 0. The minimum Gasteiger partial charge on any atom is -0.309 e. The smallest absolute Gasteiger partial charge is 0.164 e. The predicted octanol–water partition coefficient (Wildman–Crippen LogP) is 15.3. The molecular weight excluding hydrogens is 773 g/mol. The lowest BCUT2D eigenvalue weighted by atomic mass is 9.98. The van der Waals surface area contributed by atoms with Gasteiger partial charge in [0.1, 0.15) is 0 Å². The fourth-order valence-electron chi connectivity index (χ4n) is 8.92. The van der Waals surface area contributed by atoms with Gasteiger partial charge in [0.2, 0.25) is 0 Å². The van der Waals surface area contributed by atoms with Gasteiger partial charge in [0.15, 0.2) is 17.5 Å². The van der Waals surface area contributed by atoms with Crippen LogP contribution < -0.4 is 0 Å². The third-order valence-corrected chi connectivity index (χ3v) is 13.0. The number of aromatic nitrogens is 4. The second-order valence-corrected chi connectivity index (χ2v) is 16.7. The van der Waals surface area contributed by atoms with Crippen molar-refractivity contribution in [3.8, 4) is 73.2 Å². The van der Waals surface area contributed by atoms with Crippen LogP contribution in [0.1, 0.15) is 0 Å².